The number of ketones is 2. The molecule has 0 bridgehead atoms. The minimum atomic E-state index is -1.96. The van der Waals surface area contributed by atoms with E-state index in [1.807, 2.05) is 0 Å². The lowest BCUT2D eigenvalue weighted by Crippen LogP contribution is -2.47. The van der Waals surface area contributed by atoms with E-state index in [-0.39, 0.29) is 29.4 Å². The summed E-state index contributed by atoms with van der Waals surface area (Å²) < 4.78 is 21.6. The molecule has 2 aliphatic rings. The number of Topliss-reactive ketones (excluding diaryl/α,β-unsaturated/α-hetero) is 2. The lowest BCUT2D eigenvalue weighted by molar-refractivity contribution is -0.143. The highest BCUT2D eigenvalue weighted by Gasteiger charge is 2.62. The molecule has 0 N–H and O–H groups in total. The van der Waals surface area contributed by atoms with E-state index in [9.17, 15) is 19.2 Å². The number of methoxy groups -OCH3 is 3. The molecular weight excluding hydrogens is 538 g/mol. The molecule has 1 aliphatic carbocycles. The highest BCUT2D eigenvalue weighted by atomic mass is 16.5. The molecule has 3 aromatic carbocycles. The Kier molecular flexibility index (Phi) is 8.29. The number of hydrogen-bond donors (Lipinski definition) is 0. The minimum absolute atomic E-state index is 0.112. The van der Waals surface area contributed by atoms with Crippen LogP contribution in [0.3, 0.4) is 0 Å². The van der Waals surface area contributed by atoms with Crippen LogP contribution in [0.4, 0.5) is 0 Å². The van der Waals surface area contributed by atoms with Gasteiger partial charge in [0.25, 0.3) is 5.91 Å². The molecule has 0 spiro atoms. The maximum Gasteiger partial charge on any atom is 0.315 e. The molecule has 0 saturated carbocycles. The molecule has 0 radical (unpaired) electrons. The van der Waals surface area contributed by atoms with Gasteiger partial charge in [0.15, 0.2) is 18.2 Å². The molecule has 42 heavy (non-hydrogen) atoms. The summed E-state index contributed by atoms with van der Waals surface area (Å²) in [5.74, 6) is -1.92. The predicted molar refractivity (Wildman–Crippen MR) is 153 cm³/mol. The number of esters is 1. The number of fused-ring (bicyclic) bond motifs is 1. The summed E-state index contributed by atoms with van der Waals surface area (Å²) in [4.78, 5) is 57.0. The molecule has 5 rings (SSSR count). The van der Waals surface area contributed by atoms with Crippen molar-refractivity contribution in [2.24, 2.45) is 0 Å². The van der Waals surface area contributed by atoms with Gasteiger partial charge in [-0.15, -0.1) is 0 Å². The van der Waals surface area contributed by atoms with Gasteiger partial charge in [-0.05, 0) is 72.9 Å². The second kappa shape index (κ2) is 12.1. The van der Waals surface area contributed by atoms with Crippen LogP contribution < -0.4 is 14.2 Å². The number of likely N-dealkylation sites (tertiary alicyclic amines) is 1. The van der Waals surface area contributed by atoms with Crippen molar-refractivity contribution in [3.63, 3.8) is 0 Å². The number of carbonyl (C=O) groups is 4. The molecule has 1 amide bonds. The molecule has 1 fully saturated rings. The van der Waals surface area contributed by atoms with E-state index in [2.05, 4.69) is 0 Å². The topological polar surface area (TPSA) is 108 Å². The first-order valence-electron chi connectivity index (χ1n) is 13.9. The molecule has 1 saturated heterocycles. The number of rotatable bonds is 9. The number of nitrogens with zero attached hydrogens (tertiary/aromatic N) is 1. The summed E-state index contributed by atoms with van der Waals surface area (Å²) in [6.45, 7) is 1.22. The molecule has 218 valence electrons. The Balaban J connectivity index is 1.58. The van der Waals surface area contributed by atoms with Gasteiger partial charge in [-0.3, -0.25) is 19.2 Å². The van der Waals surface area contributed by atoms with E-state index in [0.29, 0.717) is 35.7 Å². The molecular formula is C33H33NO8. The third-order valence-corrected chi connectivity index (χ3v) is 8.13. The lowest BCUT2D eigenvalue weighted by Gasteiger charge is -2.34. The number of hydrogen-bond acceptors (Lipinski definition) is 8. The van der Waals surface area contributed by atoms with Crippen LogP contribution in [-0.2, 0) is 19.7 Å². The first-order chi connectivity index (χ1) is 20.3. The van der Waals surface area contributed by atoms with Crippen molar-refractivity contribution in [3.05, 3.63) is 89.0 Å². The number of amides is 1. The fourth-order valence-electron chi connectivity index (χ4n) is 5.93. The molecule has 9 heteroatoms. The number of carbonyl (C=O) groups excluding carboxylic acids is 4. The van der Waals surface area contributed by atoms with Crippen LogP contribution in [-0.4, -0.2) is 69.4 Å². The van der Waals surface area contributed by atoms with Gasteiger partial charge in [0.1, 0.15) is 28.6 Å². The van der Waals surface area contributed by atoms with Crippen LogP contribution in [0.15, 0.2) is 66.7 Å². The summed E-state index contributed by atoms with van der Waals surface area (Å²) in [6, 6.07) is 17.7. The van der Waals surface area contributed by atoms with Gasteiger partial charge in [-0.25, -0.2) is 0 Å². The molecule has 3 aromatic rings. The number of benzene rings is 3. The Morgan fingerprint density at radius 3 is 1.93 bits per heavy atom. The normalized spacial score (nSPS) is 18.7. The second-order valence-electron chi connectivity index (χ2n) is 10.4. The zero-order valence-electron chi connectivity index (χ0n) is 23.9. The van der Waals surface area contributed by atoms with E-state index in [0.717, 1.165) is 19.3 Å². The minimum Gasteiger partial charge on any atom is -0.497 e. The fraction of sp³-hybridized carbons (Fsp3) is 0.333. The van der Waals surface area contributed by atoms with E-state index in [1.54, 1.807) is 59.5 Å². The summed E-state index contributed by atoms with van der Waals surface area (Å²) in [5, 5.41) is 0. The predicted octanol–water partition coefficient (Wildman–Crippen LogP) is 4.37. The number of piperidine rings is 1. The molecule has 0 aromatic heterocycles. The standard InChI is InChI=1S/C33H33NO8/c1-39-23-11-7-21(8-12-23)29(32(38)41-3)33(22-9-13-24(40-2)14-10-22)30(36)26-16-15-25(19-27(26)31(33)37)42-20-28(35)34-17-5-4-6-18-34/h7-16,19,29H,4-6,17-18,20H2,1-3H3. The Morgan fingerprint density at radius 1 is 0.762 bits per heavy atom. The quantitative estimate of drug-likeness (QED) is 0.275. The summed E-state index contributed by atoms with van der Waals surface area (Å²) in [6.07, 6.45) is 3.03. The molecule has 9 nitrogen and oxygen atoms in total. The van der Waals surface area contributed by atoms with E-state index < -0.39 is 28.9 Å². The maximum absolute atomic E-state index is 14.6. The summed E-state index contributed by atoms with van der Waals surface area (Å²) in [5.41, 5.74) is -0.951. The van der Waals surface area contributed by atoms with Crippen LogP contribution in [0, 0.1) is 0 Å². The smallest absolute Gasteiger partial charge is 0.315 e. The Labute approximate surface area is 244 Å². The second-order valence-corrected chi connectivity index (χ2v) is 10.4. The van der Waals surface area contributed by atoms with Gasteiger partial charge in [0, 0.05) is 24.2 Å². The van der Waals surface area contributed by atoms with E-state index in [4.69, 9.17) is 18.9 Å². The average Bonchev–Trinajstić information content (AvgIpc) is 3.26. The van der Waals surface area contributed by atoms with Crippen LogP contribution in [0.1, 0.15) is 57.0 Å². The lowest BCUT2D eigenvalue weighted by atomic mass is 9.64. The molecule has 1 aliphatic heterocycles. The third-order valence-electron chi connectivity index (χ3n) is 8.13. The van der Waals surface area contributed by atoms with Crippen LogP contribution >= 0.6 is 0 Å². The SMILES string of the molecule is COC(=O)C(c1ccc(OC)cc1)C1(c2ccc(OC)cc2)C(=O)c2ccc(OCC(=O)N3CCCCC3)cc2C1=O. The molecule has 2 unspecified atom stereocenters. The third kappa shape index (κ3) is 5.00. The Morgan fingerprint density at radius 2 is 1.33 bits per heavy atom. The zero-order chi connectivity index (χ0) is 29.9. The number of ether oxygens (including phenoxy) is 4. The highest BCUT2D eigenvalue weighted by molar-refractivity contribution is 6.35. The van der Waals surface area contributed by atoms with E-state index >= 15 is 0 Å². The van der Waals surface area contributed by atoms with Crippen LogP contribution in [0.25, 0.3) is 0 Å². The summed E-state index contributed by atoms with van der Waals surface area (Å²) in [7, 11) is 4.26. The Hall–Kier alpha value is -4.66. The monoisotopic (exact) mass is 571 g/mol. The van der Waals surface area contributed by atoms with Crippen molar-refractivity contribution >= 4 is 23.4 Å². The zero-order valence-corrected chi connectivity index (χ0v) is 23.9. The fourth-order valence-corrected chi connectivity index (χ4v) is 5.93. The van der Waals surface area contributed by atoms with Crippen molar-refractivity contribution in [2.45, 2.75) is 30.6 Å². The van der Waals surface area contributed by atoms with Crippen LogP contribution in [0.5, 0.6) is 17.2 Å². The average molecular weight is 572 g/mol. The summed E-state index contributed by atoms with van der Waals surface area (Å²) >= 11 is 0. The van der Waals surface area contributed by atoms with E-state index in [1.165, 1.54) is 33.5 Å². The highest BCUT2D eigenvalue weighted by Crippen LogP contribution is 2.50. The van der Waals surface area contributed by atoms with Crippen LogP contribution in [0.2, 0.25) is 0 Å². The van der Waals surface area contributed by atoms with Crippen molar-refractivity contribution in [1.82, 2.24) is 4.90 Å². The largest absolute Gasteiger partial charge is 0.497 e. The van der Waals surface area contributed by atoms with Crippen molar-refractivity contribution in [2.75, 3.05) is 41.0 Å². The van der Waals surface area contributed by atoms with Gasteiger partial charge in [0.2, 0.25) is 0 Å². The maximum atomic E-state index is 14.6. The van der Waals surface area contributed by atoms with Gasteiger partial charge >= 0.3 is 5.97 Å². The van der Waals surface area contributed by atoms with Gasteiger partial charge in [-0.2, -0.15) is 0 Å². The first-order valence-corrected chi connectivity index (χ1v) is 13.9. The van der Waals surface area contributed by atoms with Gasteiger partial charge in [-0.1, -0.05) is 24.3 Å². The molecule has 1 heterocycles. The van der Waals surface area contributed by atoms with Gasteiger partial charge < -0.3 is 23.8 Å². The van der Waals surface area contributed by atoms with Crippen molar-refractivity contribution in [3.8, 4) is 17.2 Å². The van der Waals surface area contributed by atoms with Crippen molar-refractivity contribution in [1.29, 1.82) is 0 Å². The Bertz CT molecular complexity index is 1490. The van der Waals surface area contributed by atoms with Crippen molar-refractivity contribution < 1.29 is 38.1 Å². The van der Waals surface area contributed by atoms with Gasteiger partial charge in [0.05, 0.1) is 21.3 Å². The first kappa shape index (κ1) is 28.9. The molecule has 2 atom stereocenters.